The van der Waals surface area contributed by atoms with Gasteiger partial charge in [-0.25, -0.2) is 0 Å². The maximum absolute atomic E-state index is 13.3. The Balaban J connectivity index is 2.07. The summed E-state index contributed by atoms with van der Waals surface area (Å²) in [6, 6.07) is 5.95. The van der Waals surface area contributed by atoms with Crippen molar-refractivity contribution in [1.82, 2.24) is 9.47 Å². The minimum atomic E-state index is 0.0832. The lowest BCUT2D eigenvalue weighted by atomic mass is 9.98. The molecule has 1 aliphatic rings. The van der Waals surface area contributed by atoms with Crippen LogP contribution in [0.1, 0.15) is 48.7 Å². The summed E-state index contributed by atoms with van der Waals surface area (Å²) in [6.45, 7) is 5.70. The minimum Gasteiger partial charge on any atom is -0.396 e. The van der Waals surface area contributed by atoms with Crippen LogP contribution in [-0.2, 0) is 6.54 Å². The molecule has 0 radical (unpaired) electrons. The van der Waals surface area contributed by atoms with Crippen molar-refractivity contribution in [2.75, 3.05) is 13.2 Å². The number of rotatable bonds is 4. The Labute approximate surface area is 148 Å². The number of nitrogens with zero attached hydrogens (tertiary/aromatic N) is 2. The quantitative estimate of drug-likeness (QED) is 0.907. The maximum Gasteiger partial charge on any atom is 0.271 e. The molecule has 2 aromatic rings. The van der Waals surface area contributed by atoms with Gasteiger partial charge in [0.05, 0.1) is 0 Å². The zero-order valence-electron chi connectivity index (χ0n) is 14.4. The predicted molar refractivity (Wildman–Crippen MR) is 97.7 cm³/mol. The fourth-order valence-corrected chi connectivity index (χ4v) is 4.12. The number of halogens is 1. The second-order valence-electron chi connectivity index (χ2n) is 6.54. The average molecular weight is 349 g/mol. The standard InChI is InChI=1S/C19H25ClN2O2/c1-3-21-17-8-7-14(20)12-16(17)13(2)18(21)19(24)22-10-5-4-6-15(22)9-11-23/h7-8,12,15,23H,3-6,9-11H2,1-2H3. The molecular weight excluding hydrogens is 324 g/mol. The number of aryl methyl sites for hydroxylation is 2. The van der Waals surface area contributed by atoms with Crippen molar-refractivity contribution in [1.29, 1.82) is 0 Å². The van der Waals surface area contributed by atoms with Crippen LogP contribution < -0.4 is 0 Å². The molecule has 1 aromatic carbocycles. The Kier molecular flexibility index (Phi) is 5.16. The second-order valence-corrected chi connectivity index (χ2v) is 6.98. The monoisotopic (exact) mass is 348 g/mol. The first kappa shape index (κ1) is 17.3. The van der Waals surface area contributed by atoms with Crippen LogP contribution in [0.4, 0.5) is 0 Å². The summed E-state index contributed by atoms with van der Waals surface area (Å²) in [7, 11) is 0. The summed E-state index contributed by atoms with van der Waals surface area (Å²) < 4.78 is 2.09. The van der Waals surface area contributed by atoms with E-state index in [0.29, 0.717) is 11.4 Å². The molecule has 1 amide bonds. The van der Waals surface area contributed by atoms with E-state index in [1.807, 2.05) is 30.0 Å². The van der Waals surface area contributed by atoms with Gasteiger partial charge in [0.1, 0.15) is 5.69 Å². The predicted octanol–water partition coefficient (Wildman–Crippen LogP) is 4.00. The fourth-order valence-electron chi connectivity index (χ4n) is 3.95. The van der Waals surface area contributed by atoms with Gasteiger partial charge in [-0.1, -0.05) is 11.6 Å². The zero-order chi connectivity index (χ0) is 17.3. The molecule has 24 heavy (non-hydrogen) atoms. The summed E-state index contributed by atoms with van der Waals surface area (Å²) >= 11 is 6.16. The van der Waals surface area contributed by atoms with Gasteiger partial charge in [0.25, 0.3) is 5.91 Å². The molecule has 0 spiro atoms. The normalized spacial score (nSPS) is 18.3. The number of aromatic nitrogens is 1. The van der Waals surface area contributed by atoms with Crippen LogP contribution in [0.25, 0.3) is 10.9 Å². The first-order valence-corrected chi connectivity index (χ1v) is 9.16. The third-order valence-electron chi connectivity index (χ3n) is 5.15. The Bertz CT molecular complexity index is 751. The van der Waals surface area contributed by atoms with Gasteiger partial charge in [-0.05, 0) is 63.3 Å². The molecule has 0 saturated carbocycles. The van der Waals surface area contributed by atoms with Gasteiger partial charge in [0, 0.05) is 41.7 Å². The van der Waals surface area contributed by atoms with Gasteiger partial charge in [-0.2, -0.15) is 0 Å². The molecule has 3 rings (SSSR count). The highest BCUT2D eigenvalue weighted by Gasteiger charge is 2.30. The Morgan fingerprint density at radius 1 is 1.38 bits per heavy atom. The molecule has 0 aliphatic carbocycles. The van der Waals surface area contributed by atoms with Crippen molar-refractivity contribution >= 4 is 28.4 Å². The van der Waals surface area contributed by atoms with Gasteiger partial charge >= 0.3 is 0 Å². The van der Waals surface area contributed by atoms with E-state index < -0.39 is 0 Å². The van der Waals surface area contributed by atoms with Crippen LogP contribution in [0, 0.1) is 6.92 Å². The number of hydrogen-bond acceptors (Lipinski definition) is 2. The molecule has 5 heteroatoms. The SMILES string of the molecule is CCn1c(C(=O)N2CCCCC2CCO)c(C)c2cc(Cl)ccc21. The highest BCUT2D eigenvalue weighted by molar-refractivity contribution is 6.31. The number of fused-ring (bicyclic) bond motifs is 1. The van der Waals surface area contributed by atoms with Gasteiger partial charge in [-0.3, -0.25) is 4.79 Å². The summed E-state index contributed by atoms with van der Waals surface area (Å²) in [4.78, 5) is 15.3. The average Bonchev–Trinajstić information content (AvgIpc) is 2.86. The van der Waals surface area contributed by atoms with E-state index in [4.69, 9.17) is 11.6 Å². The second kappa shape index (κ2) is 7.16. The first-order valence-electron chi connectivity index (χ1n) is 8.78. The van der Waals surface area contributed by atoms with Crippen LogP contribution in [0.15, 0.2) is 18.2 Å². The lowest BCUT2D eigenvalue weighted by Crippen LogP contribution is -2.45. The Morgan fingerprint density at radius 3 is 2.88 bits per heavy atom. The van der Waals surface area contributed by atoms with Crippen LogP contribution in [0.5, 0.6) is 0 Å². The van der Waals surface area contributed by atoms with Crippen LogP contribution in [0.3, 0.4) is 0 Å². The number of benzene rings is 1. The van der Waals surface area contributed by atoms with Gasteiger partial charge in [0.2, 0.25) is 0 Å². The van der Waals surface area contributed by atoms with E-state index in [1.54, 1.807) is 0 Å². The van der Waals surface area contributed by atoms with E-state index in [-0.39, 0.29) is 18.6 Å². The van der Waals surface area contributed by atoms with Crippen molar-refractivity contribution in [2.45, 2.75) is 52.1 Å². The van der Waals surface area contributed by atoms with Crippen molar-refractivity contribution in [2.24, 2.45) is 0 Å². The first-order chi connectivity index (χ1) is 11.6. The number of aliphatic hydroxyl groups is 1. The van der Waals surface area contributed by atoms with E-state index >= 15 is 0 Å². The number of carbonyl (C=O) groups is 1. The van der Waals surface area contributed by atoms with E-state index in [2.05, 4.69) is 11.5 Å². The highest BCUT2D eigenvalue weighted by atomic mass is 35.5. The topological polar surface area (TPSA) is 45.5 Å². The molecular formula is C19H25ClN2O2. The van der Waals surface area contributed by atoms with E-state index in [1.165, 1.54) is 0 Å². The summed E-state index contributed by atoms with van der Waals surface area (Å²) in [5.41, 5.74) is 2.81. The van der Waals surface area contributed by atoms with Gasteiger partial charge in [0.15, 0.2) is 0 Å². The highest BCUT2D eigenvalue weighted by Crippen LogP contribution is 2.31. The fraction of sp³-hybridized carbons (Fsp3) is 0.526. The minimum absolute atomic E-state index is 0.0832. The molecule has 1 atom stereocenters. The zero-order valence-corrected chi connectivity index (χ0v) is 15.1. The molecule has 130 valence electrons. The Morgan fingerprint density at radius 2 is 2.17 bits per heavy atom. The third kappa shape index (κ3) is 2.93. The van der Waals surface area contributed by atoms with Crippen molar-refractivity contribution in [3.63, 3.8) is 0 Å². The van der Waals surface area contributed by atoms with Crippen molar-refractivity contribution < 1.29 is 9.90 Å². The van der Waals surface area contributed by atoms with Crippen molar-refractivity contribution in [3.8, 4) is 0 Å². The number of carbonyl (C=O) groups excluding carboxylic acids is 1. The number of amides is 1. The lowest BCUT2D eigenvalue weighted by molar-refractivity contribution is 0.0563. The number of hydrogen-bond donors (Lipinski definition) is 1. The summed E-state index contributed by atoms with van der Waals surface area (Å²) in [5.74, 6) is 0.0832. The molecule has 2 heterocycles. The third-order valence-corrected chi connectivity index (χ3v) is 5.38. The smallest absolute Gasteiger partial charge is 0.271 e. The van der Waals surface area contributed by atoms with Crippen molar-refractivity contribution in [3.05, 3.63) is 34.5 Å². The van der Waals surface area contributed by atoms with Gasteiger partial charge in [-0.15, -0.1) is 0 Å². The Hall–Kier alpha value is -1.52. The molecule has 1 fully saturated rings. The molecule has 4 nitrogen and oxygen atoms in total. The number of piperidine rings is 1. The largest absolute Gasteiger partial charge is 0.396 e. The summed E-state index contributed by atoms with van der Waals surface area (Å²) in [5, 5.41) is 11.1. The molecule has 1 unspecified atom stereocenters. The molecule has 1 N–H and O–H groups in total. The van der Waals surface area contributed by atoms with Crippen LogP contribution >= 0.6 is 11.6 Å². The summed E-state index contributed by atoms with van der Waals surface area (Å²) in [6.07, 6.45) is 3.79. The van der Waals surface area contributed by atoms with E-state index in [0.717, 1.165) is 54.5 Å². The number of likely N-dealkylation sites (tertiary alicyclic amines) is 1. The molecule has 1 saturated heterocycles. The number of aliphatic hydroxyl groups excluding tert-OH is 1. The maximum atomic E-state index is 13.3. The van der Waals surface area contributed by atoms with Crippen LogP contribution in [0.2, 0.25) is 5.02 Å². The van der Waals surface area contributed by atoms with Crippen LogP contribution in [-0.4, -0.2) is 39.7 Å². The molecule has 1 aromatic heterocycles. The van der Waals surface area contributed by atoms with E-state index in [9.17, 15) is 9.90 Å². The van der Waals surface area contributed by atoms with Gasteiger partial charge < -0.3 is 14.6 Å². The molecule has 1 aliphatic heterocycles. The lowest BCUT2D eigenvalue weighted by Gasteiger charge is -2.36. The molecule has 0 bridgehead atoms.